The molecule has 4 rings (SSSR count). The number of hydrogen-bond acceptors (Lipinski definition) is 5. The van der Waals surface area contributed by atoms with Crippen molar-refractivity contribution in [1.29, 1.82) is 0 Å². The lowest BCUT2D eigenvalue weighted by Gasteiger charge is -2.38. The fourth-order valence-corrected chi connectivity index (χ4v) is 4.17. The van der Waals surface area contributed by atoms with Gasteiger partial charge in [0.25, 0.3) is 0 Å². The molecule has 158 valence electrons. The van der Waals surface area contributed by atoms with Crippen LogP contribution in [-0.2, 0) is 24.4 Å². The summed E-state index contributed by atoms with van der Waals surface area (Å²) in [5.41, 5.74) is 7.45. The van der Waals surface area contributed by atoms with Crippen LogP contribution in [0.2, 0.25) is 0 Å². The van der Waals surface area contributed by atoms with E-state index in [4.69, 9.17) is 10.5 Å². The molecular formula is C20H25F3N4O2. The zero-order chi connectivity index (χ0) is 20.9. The van der Waals surface area contributed by atoms with Crippen molar-refractivity contribution in [3.8, 4) is 0 Å². The maximum Gasteiger partial charge on any atom is 0.161 e. The van der Waals surface area contributed by atoms with E-state index in [-0.39, 0.29) is 11.6 Å². The molecule has 6 nitrogen and oxygen atoms in total. The Morgan fingerprint density at radius 3 is 2.62 bits per heavy atom. The van der Waals surface area contributed by atoms with Crippen molar-refractivity contribution in [2.45, 2.75) is 63.7 Å². The molecule has 2 aromatic rings. The molecular weight excluding hydrogens is 385 g/mol. The number of nitrogens with zero attached hydrogens (tertiary/aromatic N) is 3. The molecule has 9 heteroatoms. The van der Waals surface area contributed by atoms with E-state index in [1.807, 2.05) is 10.9 Å². The van der Waals surface area contributed by atoms with Crippen molar-refractivity contribution in [2.24, 2.45) is 5.73 Å². The Balaban J connectivity index is 1.44. The highest BCUT2D eigenvalue weighted by Crippen LogP contribution is 2.34. The lowest BCUT2D eigenvalue weighted by Crippen LogP contribution is -2.48. The molecule has 1 unspecified atom stereocenters. The minimum atomic E-state index is -1.23. The van der Waals surface area contributed by atoms with Gasteiger partial charge in [0.15, 0.2) is 11.6 Å². The van der Waals surface area contributed by atoms with Crippen LogP contribution in [0.1, 0.15) is 43.2 Å². The van der Waals surface area contributed by atoms with Gasteiger partial charge in [-0.3, -0.25) is 9.58 Å². The minimum Gasteiger partial charge on any atom is -0.389 e. The SMILES string of the molecule is CC(C)(O)Cn1ncc2c1CN([C@H]1COC(c3cc(F)c(F)cc3F)[C@@H](N)C1)C2. The van der Waals surface area contributed by atoms with Gasteiger partial charge < -0.3 is 15.6 Å². The van der Waals surface area contributed by atoms with Gasteiger partial charge in [-0.15, -0.1) is 0 Å². The van der Waals surface area contributed by atoms with Crippen LogP contribution in [0, 0.1) is 17.5 Å². The topological polar surface area (TPSA) is 76.5 Å². The van der Waals surface area contributed by atoms with E-state index in [0.717, 1.165) is 17.3 Å². The highest BCUT2D eigenvalue weighted by atomic mass is 19.2. The van der Waals surface area contributed by atoms with Crippen molar-refractivity contribution in [3.63, 3.8) is 0 Å². The first-order chi connectivity index (χ1) is 13.6. The summed E-state index contributed by atoms with van der Waals surface area (Å²) in [4.78, 5) is 2.21. The first-order valence-electron chi connectivity index (χ1n) is 9.64. The Morgan fingerprint density at radius 2 is 1.93 bits per heavy atom. The number of hydrogen-bond donors (Lipinski definition) is 2. The van der Waals surface area contributed by atoms with E-state index in [0.29, 0.717) is 38.7 Å². The maximum absolute atomic E-state index is 14.1. The monoisotopic (exact) mass is 410 g/mol. The molecule has 0 saturated carbocycles. The number of ether oxygens (including phenoxy) is 1. The van der Waals surface area contributed by atoms with E-state index >= 15 is 0 Å². The van der Waals surface area contributed by atoms with Gasteiger partial charge in [0.1, 0.15) is 11.9 Å². The highest BCUT2D eigenvalue weighted by Gasteiger charge is 2.37. The Bertz CT molecular complexity index is 912. The second-order valence-corrected chi connectivity index (χ2v) is 8.59. The predicted octanol–water partition coefficient (Wildman–Crippen LogP) is 2.24. The molecule has 3 heterocycles. The molecule has 29 heavy (non-hydrogen) atoms. The van der Waals surface area contributed by atoms with E-state index in [2.05, 4.69) is 10.00 Å². The molecule has 2 aliphatic rings. The molecule has 0 spiro atoms. The molecule has 0 aliphatic carbocycles. The van der Waals surface area contributed by atoms with Gasteiger partial charge in [0.2, 0.25) is 0 Å². The van der Waals surface area contributed by atoms with Crippen molar-refractivity contribution in [1.82, 2.24) is 14.7 Å². The molecule has 0 radical (unpaired) electrons. The van der Waals surface area contributed by atoms with Gasteiger partial charge in [-0.25, -0.2) is 13.2 Å². The summed E-state index contributed by atoms with van der Waals surface area (Å²) in [6, 6.07) is 0.812. The fourth-order valence-electron chi connectivity index (χ4n) is 4.17. The number of benzene rings is 1. The normalized spacial score (nSPS) is 25.4. The second kappa shape index (κ2) is 7.39. The smallest absolute Gasteiger partial charge is 0.161 e. The molecule has 0 bridgehead atoms. The fraction of sp³-hybridized carbons (Fsp3) is 0.550. The molecule has 1 aromatic carbocycles. The second-order valence-electron chi connectivity index (χ2n) is 8.59. The lowest BCUT2D eigenvalue weighted by atomic mass is 9.93. The molecule has 0 amide bonds. The van der Waals surface area contributed by atoms with Gasteiger partial charge >= 0.3 is 0 Å². The van der Waals surface area contributed by atoms with Crippen LogP contribution in [0.3, 0.4) is 0 Å². The summed E-state index contributed by atoms with van der Waals surface area (Å²) in [6.45, 7) is 5.51. The van der Waals surface area contributed by atoms with Gasteiger partial charge in [-0.1, -0.05) is 0 Å². The molecule has 3 N–H and O–H groups in total. The van der Waals surface area contributed by atoms with Crippen molar-refractivity contribution in [3.05, 3.63) is 52.6 Å². The largest absolute Gasteiger partial charge is 0.389 e. The third-order valence-corrected chi connectivity index (χ3v) is 5.56. The summed E-state index contributed by atoms with van der Waals surface area (Å²) in [5, 5.41) is 14.4. The van der Waals surface area contributed by atoms with Crippen LogP contribution in [-0.4, -0.2) is 44.1 Å². The van der Waals surface area contributed by atoms with Crippen molar-refractivity contribution < 1.29 is 23.0 Å². The van der Waals surface area contributed by atoms with Gasteiger partial charge in [0, 0.05) is 42.4 Å². The first-order valence-corrected chi connectivity index (χ1v) is 9.64. The summed E-state index contributed by atoms with van der Waals surface area (Å²) < 4.78 is 48.5. The average Bonchev–Trinajstić information content (AvgIpc) is 3.19. The molecule has 1 fully saturated rings. The standard InChI is InChI=1S/C20H25F3N4O2/c1-20(2,28)10-27-18-8-26(7-11(18)6-25-27)12-3-17(24)19(29-9-12)13-4-15(22)16(23)5-14(13)21/h4-6,12,17,19,28H,3,7-10,24H2,1-2H3/t12-,17+,19?/m1/s1. The third kappa shape index (κ3) is 4.05. The number of nitrogens with two attached hydrogens (primary N) is 1. The quantitative estimate of drug-likeness (QED) is 0.757. The lowest BCUT2D eigenvalue weighted by molar-refractivity contribution is -0.0536. The minimum absolute atomic E-state index is 0.0117. The Kier molecular flexibility index (Phi) is 5.18. The number of fused-ring (bicyclic) bond motifs is 1. The zero-order valence-electron chi connectivity index (χ0n) is 16.4. The van der Waals surface area contributed by atoms with Crippen LogP contribution in [0.5, 0.6) is 0 Å². The first kappa shape index (κ1) is 20.3. The summed E-state index contributed by atoms with van der Waals surface area (Å²) >= 11 is 0. The number of aromatic nitrogens is 2. The van der Waals surface area contributed by atoms with Crippen LogP contribution in [0.15, 0.2) is 18.3 Å². The summed E-state index contributed by atoms with van der Waals surface area (Å²) in [6.07, 6.45) is 1.52. The van der Waals surface area contributed by atoms with Crippen LogP contribution in [0.25, 0.3) is 0 Å². The van der Waals surface area contributed by atoms with Crippen molar-refractivity contribution >= 4 is 0 Å². The van der Waals surface area contributed by atoms with E-state index in [1.54, 1.807) is 13.8 Å². The van der Waals surface area contributed by atoms with Crippen molar-refractivity contribution in [2.75, 3.05) is 6.61 Å². The van der Waals surface area contributed by atoms with Crippen LogP contribution < -0.4 is 5.73 Å². The Morgan fingerprint density at radius 1 is 1.21 bits per heavy atom. The van der Waals surface area contributed by atoms with Gasteiger partial charge in [-0.05, 0) is 26.3 Å². The van der Waals surface area contributed by atoms with Gasteiger partial charge in [0.05, 0.1) is 30.6 Å². The van der Waals surface area contributed by atoms with Crippen LogP contribution >= 0.6 is 0 Å². The summed E-state index contributed by atoms with van der Waals surface area (Å²) in [7, 11) is 0. The molecule has 3 atom stereocenters. The Hall–Kier alpha value is -1.94. The number of rotatable bonds is 4. The zero-order valence-corrected chi connectivity index (χ0v) is 16.4. The number of halogens is 3. The van der Waals surface area contributed by atoms with E-state index < -0.39 is 35.2 Å². The van der Waals surface area contributed by atoms with Crippen LogP contribution in [0.4, 0.5) is 13.2 Å². The molecule has 2 aliphatic heterocycles. The van der Waals surface area contributed by atoms with E-state index in [1.165, 1.54) is 0 Å². The number of aliphatic hydroxyl groups is 1. The maximum atomic E-state index is 14.1. The Labute approximate surface area is 167 Å². The van der Waals surface area contributed by atoms with Gasteiger partial charge in [-0.2, -0.15) is 5.10 Å². The molecule has 1 saturated heterocycles. The molecule has 1 aromatic heterocycles. The van der Waals surface area contributed by atoms with E-state index in [9.17, 15) is 18.3 Å². The highest BCUT2D eigenvalue weighted by molar-refractivity contribution is 5.25. The predicted molar refractivity (Wildman–Crippen MR) is 99.2 cm³/mol. The summed E-state index contributed by atoms with van der Waals surface area (Å²) in [5.74, 6) is -3.21. The third-order valence-electron chi connectivity index (χ3n) is 5.56. The average molecular weight is 410 g/mol.